The van der Waals surface area contributed by atoms with E-state index in [2.05, 4.69) is 28.0 Å². The van der Waals surface area contributed by atoms with Crippen LogP contribution in [-0.4, -0.2) is 28.6 Å². The van der Waals surface area contributed by atoms with Gasteiger partial charge in [0, 0.05) is 7.11 Å². The predicted octanol–water partition coefficient (Wildman–Crippen LogP) is 3.33. The summed E-state index contributed by atoms with van der Waals surface area (Å²) in [6.07, 6.45) is 3.23. The first-order valence-corrected chi connectivity index (χ1v) is 7.91. The van der Waals surface area contributed by atoms with Gasteiger partial charge in [0.25, 0.3) is 0 Å². The number of benzene rings is 1. The van der Waals surface area contributed by atoms with E-state index in [1.807, 2.05) is 35.0 Å². The van der Waals surface area contributed by atoms with Crippen LogP contribution in [0.25, 0.3) is 0 Å². The van der Waals surface area contributed by atoms with Crippen molar-refractivity contribution in [3.05, 3.63) is 52.3 Å². The number of rotatable bonds is 7. The van der Waals surface area contributed by atoms with Crippen molar-refractivity contribution in [2.24, 2.45) is 0 Å². The highest BCUT2D eigenvalue weighted by molar-refractivity contribution is 9.10. The Morgan fingerprint density at radius 2 is 2.05 bits per heavy atom. The van der Waals surface area contributed by atoms with Crippen molar-refractivity contribution < 1.29 is 9.84 Å². The van der Waals surface area contributed by atoms with Crippen LogP contribution in [0.4, 0.5) is 0 Å². The fourth-order valence-corrected chi connectivity index (χ4v) is 3.22. The first kappa shape index (κ1) is 16.2. The maximum Gasteiger partial charge on any atom is 0.132 e. The van der Waals surface area contributed by atoms with E-state index in [1.54, 1.807) is 13.3 Å². The second kappa shape index (κ2) is 7.20. The summed E-state index contributed by atoms with van der Waals surface area (Å²) in [5, 5.41) is 15.7. The van der Waals surface area contributed by atoms with Gasteiger partial charge in [-0.15, -0.1) is 0 Å². The molecule has 0 aliphatic heterocycles. The van der Waals surface area contributed by atoms with Crippen LogP contribution < -0.4 is 0 Å². The number of halogens is 1. The van der Waals surface area contributed by atoms with Crippen molar-refractivity contribution in [2.45, 2.75) is 31.9 Å². The normalized spacial score (nSPS) is 14.1. The second-order valence-electron chi connectivity index (χ2n) is 5.03. The molecule has 0 aliphatic rings. The number of hydrogen-bond donors (Lipinski definition) is 1. The molecule has 0 amide bonds. The molecule has 1 aromatic heterocycles. The lowest BCUT2D eigenvalue weighted by molar-refractivity contribution is 0.0576. The minimum Gasteiger partial charge on any atom is -0.383 e. The van der Waals surface area contributed by atoms with E-state index in [4.69, 9.17) is 4.74 Å². The van der Waals surface area contributed by atoms with Gasteiger partial charge in [0.2, 0.25) is 0 Å². The zero-order chi connectivity index (χ0) is 15.3. The minimum absolute atomic E-state index is 0.554. The largest absolute Gasteiger partial charge is 0.383 e. The lowest BCUT2D eigenvalue weighted by Gasteiger charge is -2.30. The fourth-order valence-electron chi connectivity index (χ4n) is 2.60. The highest BCUT2D eigenvalue weighted by Crippen LogP contribution is 2.38. The number of aliphatic hydroxyl groups is 1. The molecule has 1 N–H and O–H groups in total. The van der Waals surface area contributed by atoms with Crippen LogP contribution in [0.5, 0.6) is 0 Å². The Balaban J connectivity index is 2.50. The van der Waals surface area contributed by atoms with E-state index in [9.17, 15) is 5.11 Å². The standard InChI is InChI=1S/C16H21BrN2O2/c1-3-9-16(20,13-7-5-4-6-8-13)15-14(17)12-18-19(15)10-11-21-2/h4-8,12,20H,3,9-11H2,1-2H3. The average molecular weight is 353 g/mol. The van der Waals surface area contributed by atoms with Gasteiger partial charge in [0.15, 0.2) is 0 Å². The third-order valence-corrected chi connectivity index (χ3v) is 4.14. The number of methoxy groups -OCH3 is 1. The Bertz CT molecular complexity index is 571. The van der Waals surface area contributed by atoms with Crippen LogP contribution in [0.2, 0.25) is 0 Å². The first-order chi connectivity index (χ1) is 10.1. The van der Waals surface area contributed by atoms with Crippen molar-refractivity contribution in [3.63, 3.8) is 0 Å². The molecule has 0 bridgehead atoms. The third-order valence-electron chi connectivity index (χ3n) is 3.56. The zero-order valence-corrected chi connectivity index (χ0v) is 14.0. The van der Waals surface area contributed by atoms with Crippen molar-refractivity contribution in [2.75, 3.05) is 13.7 Å². The fraction of sp³-hybridized carbons (Fsp3) is 0.438. The summed E-state index contributed by atoms with van der Waals surface area (Å²) < 4.78 is 7.76. The quantitative estimate of drug-likeness (QED) is 0.831. The summed E-state index contributed by atoms with van der Waals surface area (Å²) in [5.74, 6) is 0. The van der Waals surface area contributed by atoms with Crippen LogP contribution in [0, 0.1) is 0 Å². The lowest BCUT2D eigenvalue weighted by atomic mass is 9.86. The van der Waals surface area contributed by atoms with Gasteiger partial charge in [0.1, 0.15) is 5.60 Å². The van der Waals surface area contributed by atoms with Gasteiger partial charge in [-0.1, -0.05) is 43.7 Å². The van der Waals surface area contributed by atoms with Crippen molar-refractivity contribution in [1.29, 1.82) is 0 Å². The maximum atomic E-state index is 11.4. The smallest absolute Gasteiger partial charge is 0.132 e. The molecular formula is C16H21BrN2O2. The van der Waals surface area contributed by atoms with E-state index in [0.29, 0.717) is 19.6 Å². The Labute approximate surface area is 133 Å². The molecule has 0 radical (unpaired) electrons. The molecule has 0 aliphatic carbocycles. The van der Waals surface area contributed by atoms with Gasteiger partial charge in [-0.05, 0) is 27.9 Å². The van der Waals surface area contributed by atoms with E-state index in [0.717, 1.165) is 22.2 Å². The van der Waals surface area contributed by atoms with Crippen LogP contribution >= 0.6 is 15.9 Å². The van der Waals surface area contributed by atoms with Crippen LogP contribution in [0.1, 0.15) is 31.0 Å². The molecule has 5 heteroatoms. The summed E-state index contributed by atoms with van der Waals surface area (Å²) in [6, 6.07) is 9.75. The van der Waals surface area contributed by atoms with E-state index < -0.39 is 5.60 Å². The van der Waals surface area contributed by atoms with Crippen LogP contribution in [0.15, 0.2) is 41.0 Å². The molecule has 21 heavy (non-hydrogen) atoms. The predicted molar refractivity (Wildman–Crippen MR) is 86.2 cm³/mol. The molecule has 0 saturated carbocycles. The zero-order valence-electron chi connectivity index (χ0n) is 12.4. The molecule has 1 heterocycles. The van der Waals surface area contributed by atoms with Crippen LogP contribution in [-0.2, 0) is 16.9 Å². The Hall–Kier alpha value is -1.17. The topological polar surface area (TPSA) is 47.3 Å². The summed E-state index contributed by atoms with van der Waals surface area (Å²) in [6.45, 7) is 3.23. The molecule has 0 fully saturated rings. The van der Waals surface area contributed by atoms with Crippen molar-refractivity contribution >= 4 is 15.9 Å². The molecule has 0 saturated heterocycles. The summed E-state index contributed by atoms with van der Waals surface area (Å²) in [5.41, 5.74) is 0.610. The average Bonchev–Trinajstić information content (AvgIpc) is 2.87. The van der Waals surface area contributed by atoms with Gasteiger partial charge < -0.3 is 9.84 Å². The highest BCUT2D eigenvalue weighted by Gasteiger charge is 2.36. The number of nitrogens with zero attached hydrogens (tertiary/aromatic N) is 2. The third kappa shape index (κ3) is 3.36. The highest BCUT2D eigenvalue weighted by atomic mass is 79.9. The van der Waals surface area contributed by atoms with E-state index >= 15 is 0 Å². The minimum atomic E-state index is -1.06. The van der Waals surface area contributed by atoms with E-state index in [1.165, 1.54) is 0 Å². The Kier molecular flexibility index (Phi) is 5.56. The number of ether oxygens (including phenoxy) is 1. The number of hydrogen-bond acceptors (Lipinski definition) is 3. The Morgan fingerprint density at radius 1 is 1.33 bits per heavy atom. The first-order valence-electron chi connectivity index (χ1n) is 7.12. The molecule has 114 valence electrons. The monoisotopic (exact) mass is 352 g/mol. The SMILES string of the molecule is CCCC(O)(c1ccccc1)c1c(Br)cnn1CCOC. The van der Waals surface area contributed by atoms with Gasteiger partial charge >= 0.3 is 0 Å². The molecule has 0 spiro atoms. The van der Waals surface area contributed by atoms with Gasteiger partial charge in [0.05, 0.1) is 29.5 Å². The number of aromatic nitrogens is 2. The van der Waals surface area contributed by atoms with Crippen molar-refractivity contribution in [1.82, 2.24) is 9.78 Å². The molecule has 1 aromatic carbocycles. The van der Waals surface area contributed by atoms with Gasteiger partial charge in [-0.3, -0.25) is 4.68 Å². The van der Waals surface area contributed by atoms with Crippen molar-refractivity contribution in [3.8, 4) is 0 Å². The second-order valence-corrected chi connectivity index (χ2v) is 5.89. The molecule has 4 nitrogen and oxygen atoms in total. The molecular weight excluding hydrogens is 332 g/mol. The molecule has 1 unspecified atom stereocenters. The summed E-state index contributed by atoms with van der Waals surface area (Å²) >= 11 is 3.53. The summed E-state index contributed by atoms with van der Waals surface area (Å²) in [4.78, 5) is 0. The van der Waals surface area contributed by atoms with Gasteiger partial charge in [-0.2, -0.15) is 5.10 Å². The summed E-state index contributed by atoms with van der Waals surface area (Å²) in [7, 11) is 1.66. The molecule has 2 aromatic rings. The molecule has 1 atom stereocenters. The van der Waals surface area contributed by atoms with Gasteiger partial charge in [-0.25, -0.2) is 0 Å². The lowest BCUT2D eigenvalue weighted by Crippen LogP contribution is -2.31. The Morgan fingerprint density at radius 3 is 2.67 bits per heavy atom. The molecule has 2 rings (SSSR count). The van der Waals surface area contributed by atoms with Crippen LogP contribution in [0.3, 0.4) is 0 Å². The van der Waals surface area contributed by atoms with E-state index in [-0.39, 0.29) is 0 Å². The maximum absolute atomic E-state index is 11.4.